The van der Waals surface area contributed by atoms with Crippen LogP contribution in [0.3, 0.4) is 0 Å². The molecule has 0 saturated heterocycles. The first-order valence-corrected chi connectivity index (χ1v) is 13.2. The fraction of sp³-hybridized carbons (Fsp3) is 0.333. The van der Waals surface area contributed by atoms with Crippen LogP contribution in [0.25, 0.3) is 11.0 Å². The summed E-state index contributed by atoms with van der Waals surface area (Å²) in [4.78, 5) is 20.9. The van der Waals surface area contributed by atoms with E-state index in [9.17, 15) is 9.18 Å². The Morgan fingerprint density at radius 1 is 1.11 bits per heavy atom. The average molecular weight is 521 g/mol. The van der Waals surface area contributed by atoms with Gasteiger partial charge in [0.2, 0.25) is 0 Å². The molecule has 4 rings (SSSR count). The molecule has 0 fully saturated rings. The van der Waals surface area contributed by atoms with Crippen LogP contribution < -0.4 is 5.73 Å². The summed E-state index contributed by atoms with van der Waals surface area (Å²) < 4.78 is 16.5. The summed E-state index contributed by atoms with van der Waals surface area (Å²) >= 11 is 6.12. The molecule has 1 heterocycles. The number of aromatic nitrogens is 2. The number of nitrogens with zero attached hydrogens (tertiary/aromatic N) is 3. The summed E-state index contributed by atoms with van der Waals surface area (Å²) in [5.41, 5.74) is 10.0. The molecule has 0 saturated carbocycles. The van der Waals surface area contributed by atoms with Gasteiger partial charge >= 0.3 is 0 Å². The van der Waals surface area contributed by atoms with Crippen molar-refractivity contribution in [2.45, 2.75) is 46.2 Å². The molecule has 1 aromatic heterocycles. The highest BCUT2D eigenvalue weighted by atomic mass is 35.5. The fourth-order valence-electron chi connectivity index (χ4n) is 4.69. The molecular weight excluding hydrogens is 487 g/mol. The van der Waals surface area contributed by atoms with E-state index < -0.39 is 0 Å². The summed E-state index contributed by atoms with van der Waals surface area (Å²) in [6, 6.07) is 19.6. The van der Waals surface area contributed by atoms with Crippen LogP contribution in [0.2, 0.25) is 5.02 Å². The van der Waals surface area contributed by atoms with E-state index in [0.717, 1.165) is 23.4 Å². The van der Waals surface area contributed by atoms with E-state index in [-0.39, 0.29) is 23.7 Å². The Kier molecular flexibility index (Phi) is 8.62. The molecular formula is C30H34ClFN4O. The van der Waals surface area contributed by atoms with Gasteiger partial charge in [-0.2, -0.15) is 0 Å². The normalized spacial score (nSPS) is 13.0. The minimum Gasteiger partial charge on any atom is -0.330 e. The van der Waals surface area contributed by atoms with Gasteiger partial charge in [0.05, 0.1) is 17.1 Å². The summed E-state index contributed by atoms with van der Waals surface area (Å²) in [6.07, 6.45) is 1.50. The number of carbonyl (C=O) groups excluding carboxylic acids is 1. The maximum atomic E-state index is 14.4. The SMILES string of the molecule is CCC(C)[C@H](c1nc2ccc(F)cc2n1Cc1ccc(Cl)cc1)N(CCCN)C(=O)c1ccc(C)cc1. The molecule has 7 heteroatoms. The van der Waals surface area contributed by atoms with Crippen molar-refractivity contribution in [1.82, 2.24) is 14.5 Å². The molecule has 194 valence electrons. The van der Waals surface area contributed by atoms with E-state index in [1.54, 1.807) is 6.07 Å². The predicted octanol–water partition coefficient (Wildman–Crippen LogP) is 6.76. The molecule has 2 N–H and O–H groups in total. The second-order valence-electron chi connectivity index (χ2n) is 9.65. The van der Waals surface area contributed by atoms with Gasteiger partial charge in [0, 0.05) is 23.7 Å². The smallest absolute Gasteiger partial charge is 0.254 e. The number of nitrogens with two attached hydrogens (primary N) is 1. The van der Waals surface area contributed by atoms with Gasteiger partial charge in [-0.05, 0) is 73.8 Å². The fourth-order valence-corrected chi connectivity index (χ4v) is 4.82. The van der Waals surface area contributed by atoms with Crippen molar-refractivity contribution in [3.63, 3.8) is 0 Å². The van der Waals surface area contributed by atoms with Gasteiger partial charge in [0.1, 0.15) is 11.6 Å². The zero-order valence-electron chi connectivity index (χ0n) is 21.6. The van der Waals surface area contributed by atoms with Crippen molar-refractivity contribution in [3.8, 4) is 0 Å². The molecule has 0 bridgehead atoms. The Morgan fingerprint density at radius 3 is 2.46 bits per heavy atom. The molecule has 0 aliphatic heterocycles. The molecule has 2 atom stereocenters. The van der Waals surface area contributed by atoms with E-state index in [1.807, 2.05) is 64.9 Å². The minimum absolute atomic E-state index is 0.0602. The summed E-state index contributed by atoms with van der Waals surface area (Å²) in [5.74, 6) is 0.447. The molecule has 5 nitrogen and oxygen atoms in total. The topological polar surface area (TPSA) is 64.2 Å². The summed E-state index contributed by atoms with van der Waals surface area (Å²) in [6.45, 7) is 7.69. The quantitative estimate of drug-likeness (QED) is 0.251. The van der Waals surface area contributed by atoms with Crippen LogP contribution in [-0.2, 0) is 6.54 Å². The van der Waals surface area contributed by atoms with Crippen molar-refractivity contribution in [3.05, 3.63) is 100 Å². The lowest BCUT2D eigenvalue weighted by Gasteiger charge is -2.35. The number of carbonyl (C=O) groups is 1. The summed E-state index contributed by atoms with van der Waals surface area (Å²) in [7, 11) is 0. The highest BCUT2D eigenvalue weighted by molar-refractivity contribution is 6.30. The molecule has 0 aliphatic rings. The van der Waals surface area contributed by atoms with Crippen LogP contribution in [0.5, 0.6) is 0 Å². The van der Waals surface area contributed by atoms with Gasteiger partial charge in [-0.3, -0.25) is 4.79 Å². The number of amides is 1. The first-order chi connectivity index (χ1) is 17.8. The molecule has 1 unspecified atom stereocenters. The highest BCUT2D eigenvalue weighted by Crippen LogP contribution is 2.35. The third kappa shape index (κ3) is 6.03. The Bertz CT molecular complexity index is 1350. The first kappa shape index (κ1) is 26.8. The van der Waals surface area contributed by atoms with Crippen LogP contribution in [0.4, 0.5) is 4.39 Å². The lowest BCUT2D eigenvalue weighted by molar-refractivity contribution is 0.0590. The van der Waals surface area contributed by atoms with Crippen molar-refractivity contribution in [2.24, 2.45) is 11.7 Å². The van der Waals surface area contributed by atoms with Crippen LogP contribution in [-0.4, -0.2) is 33.4 Å². The second kappa shape index (κ2) is 11.9. The highest BCUT2D eigenvalue weighted by Gasteiger charge is 2.34. The second-order valence-corrected chi connectivity index (χ2v) is 10.1. The number of hydrogen-bond acceptors (Lipinski definition) is 3. The van der Waals surface area contributed by atoms with E-state index in [2.05, 4.69) is 13.8 Å². The maximum absolute atomic E-state index is 14.4. The number of benzene rings is 3. The number of aryl methyl sites for hydroxylation is 1. The van der Waals surface area contributed by atoms with Gasteiger partial charge < -0.3 is 15.2 Å². The maximum Gasteiger partial charge on any atom is 0.254 e. The van der Waals surface area contributed by atoms with Gasteiger partial charge in [-0.15, -0.1) is 0 Å². The molecule has 3 aromatic carbocycles. The Hall–Kier alpha value is -3.22. The third-order valence-electron chi connectivity index (χ3n) is 6.94. The van der Waals surface area contributed by atoms with E-state index in [1.165, 1.54) is 12.1 Å². The number of imidazole rings is 1. The molecule has 0 aliphatic carbocycles. The summed E-state index contributed by atoms with van der Waals surface area (Å²) in [5, 5.41) is 0.652. The lowest BCUT2D eigenvalue weighted by Crippen LogP contribution is -2.40. The largest absolute Gasteiger partial charge is 0.330 e. The van der Waals surface area contributed by atoms with Crippen molar-refractivity contribution in [1.29, 1.82) is 0 Å². The van der Waals surface area contributed by atoms with Crippen LogP contribution in [0.15, 0.2) is 66.7 Å². The average Bonchev–Trinajstić information content (AvgIpc) is 3.24. The first-order valence-electron chi connectivity index (χ1n) is 12.8. The molecule has 0 radical (unpaired) electrons. The molecule has 0 spiro atoms. The van der Waals surface area contributed by atoms with Gasteiger partial charge in [0.15, 0.2) is 0 Å². The Balaban J connectivity index is 1.88. The van der Waals surface area contributed by atoms with Crippen molar-refractivity contribution in [2.75, 3.05) is 13.1 Å². The molecule has 4 aromatic rings. The lowest BCUT2D eigenvalue weighted by atomic mass is 9.95. The van der Waals surface area contributed by atoms with E-state index in [4.69, 9.17) is 22.3 Å². The predicted molar refractivity (Wildman–Crippen MR) is 148 cm³/mol. The van der Waals surface area contributed by atoms with E-state index in [0.29, 0.717) is 47.7 Å². The Morgan fingerprint density at radius 2 is 1.81 bits per heavy atom. The number of rotatable bonds is 10. The third-order valence-corrected chi connectivity index (χ3v) is 7.19. The van der Waals surface area contributed by atoms with Crippen LogP contribution in [0, 0.1) is 18.7 Å². The number of hydrogen-bond donors (Lipinski definition) is 1. The minimum atomic E-state index is -0.327. The van der Waals surface area contributed by atoms with E-state index >= 15 is 0 Å². The number of fused-ring (bicyclic) bond motifs is 1. The molecule has 1 amide bonds. The van der Waals surface area contributed by atoms with Crippen LogP contribution in [0.1, 0.15) is 60.0 Å². The van der Waals surface area contributed by atoms with Crippen molar-refractivity contribution < 1.29 is 9.18 Å². The van der Waals surface area contributed by atoms with Gasteiger partial charge in [0.25, 0.3) is 5.91 Å². The Labute approximate surface area is 223 Å². The van der Waals surface area contributed by atoms with Gasteiger partial charge in [-0.25, -0.2) is 9.37 Å². The zero-order valence-corrected chi connectivity index (χ0v) is 22.4. The van der Waals surface area contributed by atoms with Crippen LogP contribution >= 0.6 is 11.6 Å². The zero-order chi connectivity index (χ0) is 26.5. The monoisotopic (exact) mass is 520 g/mol. The standard InChI is InChI=1S/C30H34ClFN4O/c1-4-21(3)28(35(17-5-16-33)30(37)23-10-6-20(2)7-11-23)29-34-26-15-14-25(32)18-27(26)36(29)19-22-8-12-24(31)13-9-22/h6-15,18,21,28H,4-5,16-17,19,33H2,1-3H3/t21?,28-/m1/s1. The number of halogens is 2. The van der Waals surface area contributed by atoms with Crippen molar-refractivity contribution >= 4 is 28.5 Å². The van der Waals surface area contributed by atoms with Gasteiger partial charge in [-0.1, -0.05) is 61.7 Å². The molecule has 37 heavy (non-hydrogen) atoms.